The highest BCUT2D eigenvalue weighted by Gasteiger charge is 2.32. The lowest BCUT2D eigenvalue weighted by Gasteiger charge is -2.38. The molecule has 2 rings (SSSR count). The predicted octanol–water partition coefficient (Wildman–Crippen LogP) is 0.875. The molecule has 1 fully saturated rings. The monoisotopic (exact) mass is 241 g/mol. The van der Waals surface area contributed by atoms with Gasteiger partial charge in [0.15, 0.2) is 5.82 Å². The van der Waals surface area contributed by atoms with Crippen molar-refractivity contribution >= 4 is 0 Å². The molecule has 1 aromatic rings. The number of ether oxygens (including phenoxy) is 2. The normalized spacial score (nSPS) is 18.0. The molecule has 96 valence electrons. The predicted molar refractivity (Wildman–Crippen MR) is 60.3 cm³/mol. The van der Waals surface area contributed by atoms with Crippen LogP contribution in [-0.4, -0.2) is 35.4 Å². The minimum absolute atomic E-state index is 0.0899. The Labute approximate surface area is 101 Å². The fourth-order valence-electron chi connectivity index (χ4n) is 1.53. The van der Waals surface area contributed by atoms with E-state index in [1.54, 1.807) is 0 Å². The van der Waals surface area contributed by atoms with E-state index in [-0.39, 0.29) is 5.60 Å². The molecular formula is C11H19N3O3. The maximum absolute atomic E-state index is 5.69. The molecule has 6 heteroatoms. The Hall–Kier alpha value is -0.980. The van der Waals surface area contributed by atoms with Crippen LogP contribution in [0.3, 0.4) is 0 Å². The zero-order valence-corrected chi connectivity index (χ0v) is 10.4. The third-order valence-corrected chi connectivity index (χ3v) is 2.63. The van der Waals surface area contributed by atoms with E-state index >= 15 is 0 Å². The van der Waals surface area contributed by atoms with Gasteiger partial charge in [0, 0.05) is 19.7 Å². The summed E-state index contributed by atoms with van der Waals surface area (Å²) in [5, 5.41) is 6.99. The Bertz CT molecular complexity index is 349. The summed E-state index contributed by atoms with van der Waals surface area (Å²) in [6.45, 7) is 7.33. The third-order valence-electron chi connectivity index (χ3n) is 2.63. The Morgan fingerprint density at radius 3 is 2.88 bits per heavy atom. The SMILES string of the molecule is CCCOCc1noc(COC2(C)CNC2)n1. The van der Waals surface area contributed by atoms with Gasteiger partial charge in [-0.15, -0.1) is 0 Å². The highest BCUT2D eigenvalue weighted by Crippen LogP contribution is 2.17. The van der Waals surface area contributed by atoms with Gasteiger partial charge < -0.3 is 19.3 Å². The summed E-state index contributed by atoms with van der Waals surface area (Å²) in [5.74, 6) is 1.09. The smallest absolute Gasteiger partial charge is 0.252 e. The van der Waals surface area contributed by atoms with E-state index in [1.807, 2.05) is 0 Å². The molecule has 1 aliphatic rings. The van der Waals surface area contributed by atoms with Crippen LogP contribution in [0.2, 0.25) is 0 Å². The Morgan fingerprint density at radius 2 is 2.24 bits per heavy atom. The average Bonchev–Trinajstić information content (AvgIpc) is 2.72. The van der Waals surface area contributed by atoms with Crippen molar-refractivity contribution in [2.24, 2.45) is 0 Å². The quantitative estimate of drug-likeness (QED) is 0.714. The maximum atomic E-state index is 5.69. The standard InChI is InChI=1S/C11H19N3O3/c1-3-4-15-5-9-13-10(17-14-9)6-16-11(2)7-12-8-11/h12H,3-8H2,1-2H3. The van der Waals surface area contributed by atoms with Crippen molar-refractivity contribution in [3.63, 3.8) is 0 Å². The Morgan fingerprint density at radius 1 is 1.41 bits per heavy atom. The molecule has 1 N–H and O–H groups in total. The average molecular weight is 241 g/mol. The van der Waals surface area contributed by atoms with E-state index in [2.05, 4.69) is 29.3 Å². The lowest BCUT2D eigenvalue weighted by molar-refractivity contribution is -0.0841. The summed E-state index contributed by atoms with van der Waals surface area (Å²) in [6.07, 6.45) is 0.985. The molecule has 1 aromatic heterocycles. The van der Waals surface area contributed by atoms with E-state index < -0.39 is 0 Å². The van der Waals surface area contributed by atoms with Gasteiger partial charge in [-0.25, -0.2) is 0 Å². The van der Waals surface area contributed by atoms with E-state index in [9.17, 15) is 0 Å². The van der Waals surface area contributed by atoms with Crippen molar-refractivity contribution in [1.82, 2.24) is 15.5 Å². The van der Waals surface area contributed by atoms with Crippen LogP contribution in [0.5, 0.6) is 0 Å². The first-order chi connectivity index (χ1) is 8.22. The van der Waals surface area contributed by atoms with E-state index in [1.165, 1.54) is 0 Å². The van der Waals surface area contributed by atoms with Crippen molar-refractivity contribution in [2.75, 3.05) is 19.7 Å². The summed E-state index contributed by atoms with van der Waals surface area (Å²) in [4.78, 5) is 4.20. The third kappa shape index (κ3) is 3.49. The molecule has 0 radical (unpaired) electrons. The number of hydrogen-bond donors (Lipinski definition) is 1. The maximum Gasteiger partial charge on any atom is 0.252 e. The van der Waals surface area contributed by atoms with Crippen molar-refractivity contribution in [1.29, 1.82) is 0 Å². The second-order valence-electron chi connectivity index (χ2n) is 4.50. The van der Waals surface area contributed by atoms with Crippen LogP contribution in [0.1, 0.15) is 32.0 Å². The fourth-order valence-corrected chi connectivity index (χ4v) is 1.53. The molecule has 1 saturated heterocycles. The van der Waals surface area contributed by atoms with E-state index in [0.717, 1.165) is 19.5 Å². The number of hydrogen-bond acceptors (Lipinski definition) is 6. The summed E-state index contributed by atoms with van der Waals surface area (Å²) in [5.41, 5.74) is -0.0899. The summed E-state index contributed by atoms with van der Waals surface area (Å²) < 4.78 is 16.1. The van der Waals surface area contributed by atoms with Crippen LogP contribution in [0.4, 0.5) is 0 Å². The molecule has 0 aromatic carbocycles. The van der Waals surface area contributed by atoms with Gasteiger partial charge in [-0.3, -0.25) is 0 Å². The Balaban J connectivity index is 1.73. The van der Waals surface area contributed by atoms with E-state index in [0.29, 0.717) is 31.5 Å². The highest BCUT2D eigenvalue weighted by molar-refractivity contribution is 4.91. The molecule has 0 unspecified atom stereocenters. The summed E-state index contributed by atoms with van der Waals surface area (Å²) in [6, 6.07) is 0. The van der Waals surface area contributed by atoms with Crippen LogP contribution < -0.4 is 5.32 Å². The second-order valence-corrected chi connectivity index (χ2v) is 4.50. The molecule has 6 nitrogen and oxygen atoms in total. The Kier molecular flexibility index (Phi) is 4.09. The first-order valence-corrected chi connectivity index (χ1v) is 5.96. The zero-order chi connectivity index (χ0) is 12.1. The zero-order valence-electron chi connectivity index (χ0n) is 10.4. The molecular weight excluding hydrogens is 222 g/mol. The molecule has 2 heterocycles. The number of nitrogens with one attached hydrogen (secondary N) is 1. The fraction of sp³-hybridized carbons (Fsp3) is 0.818. The molecule has 0 bridgehead atoms. The molecule has 17 heavy (non-hydrogen) atoms. The molecule has 0 spiro atoms. The summed E-state index contributed by atoms with van der Waals surface area (Å²) in [7, 11) is 0. The molecule has 0 atom stereocenters. The van der Waals surface area contributed by atoms with Gasteiger partial charge in [0.25, 0.3) is 5.89 Å². The number of aromatic nitrogens is 2. The van der Waals surface area contributed by atoms with Gasteiger partial charge >= 0.3 is 0 Å². The van der Waals surface area contributed by atoms with E-state index in [4.69, 9.17) is 14.0 Å². The molecule has 1 aliphatic heterocycles. The number of rotatable bonds is 7. The van der Waals surface area contributed by atoms with Crippen molar-refractivity contribution < 1.29 is 14.0 Å². The number of nitrogens with zero attached hydrogens (tertiary/aromatic N) is 2. The van der Waals surface area contributed by atoms with Crippen LogP contribution in [0, 0.1) is 0 Å². The van der Waals surface area contributed by atoms with Crippen molar-refractivity contribution in [2.45, 2.75) is 39.1 Å². The molecule has 0 amide bonds. The topological polar surface area (TPSA) is 69.4 Å². The van der Waals surface area contributed by atoms with Crippen molar-refractivity contribution in [3.8, 4) is 0 Å². The second kappa shape index (κ2) is 5.57. The highest BCUT2D eigenvalue weighted by atomic mass is 16.5. The lowest BCUT2D eigenvalue weighted by atomic mass is 10.0. The van der Waals surface area contributed by atoms with Gasteiger partial charge in [-0.2, -0.15) is 4.98 Å². The largest absolute Gasteiger partial charge is 0.373 e. The first-order valence-electron chi connectivity index (χ1n) is 5.96. The molecule has 0 aliphatic carbocycles. The van der Waals surface area contributed by atoms with Crippen LogP contribution in [-0.2, 0) is 22.7 Å². The van der Waals surface area contributed by atoms with Gasteiger partial charge in [0.1, 0.15) is 13.2 Å². The van der Waals surface area contributed by atoms with Crippen molar-refractivity contribution in [3.05, 3.63) is 11.7 Å². The minimum atomic E-state index is -0.0899. The van der Waals surface area contributed by atoms with Gasteiger partial charge in [-0.05, 0) is 13.3 Å². The minimum Gasteiger partial charge on any atom is -0.373 e. The first kappa shape index (κ1) is 12.5. The van der Waals surface area contributed by atoms with Gasteiger partial charge in [0.05, 0.1) is 5.60 Å². The lowest BCUT2D eigenvalue weighted by Crippen LogP contribution is -2.58. The summed E-state index contributed by atoms with van der Waals surface area (Å²) >= 11 is 0. The van der Waals surface area contributed by atoms with Gasteiger partial charge in [0.2, 0.25) is 0 Å². The van der Waals surface area contributed by atoms with Crippen LogP contribution in [0.15, 0.2) is 4.52 Å². The van der Waals surface area contributed by atoms with Crippen LogP contribution in [0.25, 0.3) is 0 Å². The van der Waals surface area contributed by atoms with Crippen LogP contribution >= 0.6 is 0 Å². The molecule has 0 saturated carbocycles. The van der Waals surface area contributed by atoms with Gasteiger partial charge in [-0.1, -0.05) is 12.1 Å².